The largest absolute Gasteiger partial charge is 0.495 e. The Morgan fingerprint density at radius 3 is 2.00 bits per heavy atom. The first kappa shape index (κ1) is 21.0. The summed E-state index contributed by atoms with van der Waals surface area (Å²) in [6, 6.07) is 3.22. The Morgan fingerprint density at radius 2 is 1.58 bits per heavy atom. The van der Waals surface area contributed by atoms with E-state index in [-0.39, 0.29) is 11.2 Å². The number of halogens is 3. The molecule has 1 fully saturated rings. The molecule has 1 aromatic carbocycles. The van der Waals surface area contributed by atoms with Gasteiger partial charge in [0.15, 0.2) is 0 Å². The third-order valence-corrected chi connectivity index (χ3v) is 6.51. The second-order valence-electron chi connectivity index (χ2n) is 7.58. The molecule has 146 valence electrons. The van der Waals surface area contributed by atoms with E-state index in [1.54, 1.807) is 27.7 Å². The number of hydrogen-bond acceptors (Lipinski definition) is 4. The van der Waals surface area contributed by atoms with E-state index in [2.05, 4.69) is 4.72 Å². The highest BCUT2D eigenvalue weighted by Gasteiger charge is 2.53. The summed E-state index contributed by atoms with van der Waals surface area (Å²) in [5.41, 5.74) is -2.94. The van der Waals surface area contributed by atoms with Crippen LogP contribution in [0.25, 0.3) is 0 Å². The Labute approximate surface area is 152 Å². The van der Waals surface area contributed by atoms with Crippen molar-refractivity contribution in [3.05, 3.63) is 23.8 Å². The summed E-state index contributed by atoms with van der Waals surface area (Å²) in [6.07, 6.45) is -4.70. The molecule has 1 saturated heterocycles. The summed E-state index contributed by atoms with van der Waals surface area (Å²) < 4.78 is 78.2. The lowest BCUT2D eigenvalue weighted by atomic mass is 9.75. The van der Waals surface area contributed by atoms with Crippen molar-refractivity contribution in [2.24, 2.45) is 0 Å². The second-order valence-corrected chi connectivity index (χ2v) is 9.82. The topological polar surface area (TPSA) is 64.6 Å². The minimum atomic E-state index is -4.70. The summed E-state index contributed by atoms with van der Waals surface area (Å²) in [5, 5.41) is -0.778. The molecule has 1 N–H and O–H groups in total. The molecule has 1 aromatic rings. The Bertz CT molecular complexity index is 775. The first-order chi connectivity index (χ1) is 11.6. The Hall–Kier alpha value is -1.26. The molecule has 0 amide bonds. The standard InChI is InChI=1S/C16H23BF3NO4S/c1-10(2)26(22,23)21-11-7-8-13(12(9-11)16(18,19)20)17-24-14(3,4)15(5,6)25-17/h7-10,21H,1-6H3. The SMILES string of the molecule is CC(C)S(=O)(=O)Nc1ccc(B2OC(C)(C)C(C)(C)O2)c(C(F)(F)F)c1. The van der Waals surface area contributed by atoms with Crippen LogP contribution in [0.4, 0.5) is 18.9 Å². The van der Waals surface area contributed by atoms with Gasteiger partial charge < -0.3 is 9.31 Å². The average molecular weight is 393 g/mol. The fraction of sp³-hybridized carbons (Fsp3) is 0.625. The molecule has 0 atom stereocenters. The fourth-order valence-electron chi connectivity index (χ4n) is 2.32. The Kier molecular flexibility index (Phi) is 5.20. The van der Waals surface area contributed by atoms with Crippen LogP contribution in [0.5, 0.6) is 0 Å². The van der Waals surface area contributed by atoms with E-state index < -0.39 is 45.3 Å². The number of nitrogens with one attached hydrogen (secondary N) is 1. The molecular weight excluding hydrogens is 370 g/mol. The molecule has 0 unspecified atom stereocenters. The molecule has 0 saturated carbocycles. The van der Waals surface area contributed by atoms with Gasteiger partial charge in [-0.3, -0.25) is 4.72 Å². The highest BCUT2D eigenvalue weighted by Crippen LogP contribution is 2.38. The van der Waals surface area contributed by atoms with Gasteiger partial charge in [-0.1, -0.05) is 6.07 Å². The number of alkyl halides is 3. The van der Waals surface area contributed by atoms with E-state index in [1.165, 1.54) is 26.0 Å². The first-order valence-corrected chi connectivity index (χ1v) is 9.70. The highest BCUT2D eigenvalue weighted by molar-refractivity contribution is 7.93. The van der Waals surface area contributed by atoms with Gasteiger partial charge in [0, 0.05) is 5.69 Å². The van der Waals surface area contributed by atoms with Crippen LogP contribution in [0.15, 0.2) is 18.2 Å². The predicted octanol–water partition coefficient (Wildman–Crippen LogP) is 3.15. The number of benzene rings is 1. The van der Waals surface area contributed by atoms with Gasteiger partial charge in [0.2, 0.25) is 10.0 Å². The van der Waals surface area contributed by atoms with Gasteiger partial charge in [0.05, 0.1) is 22.0 Å². The summed E-state index contributed by atoms with van der Waals surface area (Å²) >= 11 is 0. The molecule has 2 rings (SSSR count). The molecule has 26 heavy (non-hydrogen) atoms. The van der Waals surface area contributed by atoms with Crippen LogP contribution < -0.4 is 10.2 Å². The number of hydrogen-bond donors (Lipinski definition) is 1. The van der Waals surface area contributed by atoms with Gasteiger partial charge in [-0.05, 0) is 59.1 Å². The van der Waals surface area contributed by atoms with Crippen molar-refractivity contribution in [1.29, 1.82) is 0 Å². The van der Waals surface area contributed by atoms with E-state index in [9.17, 15) is 21.6 Å². The van der Waals surface area contributed by atoms with Crippen molar-refractivity contribution in [2.75, 3.05) is 4.72 Å². The summed E-state index contributed by atoms with van der Waals surface area (Å²) in [5.74, 6) is 0. The van der Waals surface area contributed by atoms with Crippen molar-refractivity contribution in [3.63, 3.8) is 0 Å². The third kappa shape index (κ3) is 4.02. The summed E-state index contributed by atoms with van der Waals surface area (Å²) in [7, 11) is -4.96. The zero-order valence-corrected chi connectivity index (χ0v) is 16.4. The Morgan fingerprint density at radius 1 is 1.08 bits per heavy atom. The molecule has 0 spiro atoms. The fourth-order valence-corrected chi connectivity index (χ4v) is 3.01. The quantitative estimate of drug-likeness (QED) is 0.799. The van der Waals surface area contributed by atoms with Gasteiger partial charge in [-0.15, -0.1) is 0 Å². The van der Waals surface area contributed by atoms with Gasteiger partial charge >= 0.3 is 13.3 Å². The lowest BCUT2D eigenvalue weighted by molar-refractivity contribution is -0.136. The molecule has 5 nitrogen and oxygen atoms in total. The first-order valence-electron chi connectivity index (χ1n) is 8.15. The molecule has 0 bridgehead atoms. The molecule has 0 aliphatic carbocycles. The molecule has 1 aliphatic heterocycles. The number of anilines is 1. The van der Waals surface area contributed by atoms with Crippen LogP contribution >= 0.6 is 0 Å². The van der Waals surface area contributed by atoms with Crippen molar-refractivity contribution in [2.45, 2.75) is 64.2 Å². The van der Waals surface area contributed by atoms with Crippen LogP contribution in [-0.2, 0) is 25.5 Å². The molecule has 10 heteroatoms. The van der Waals surface area contributed by atoms with Crippen LogP contribution in [0.1, 0.15) is 47.1 Å². The molecule has 0 radical (unpaired) electrons. The van der Waals surface area contributed by atoms with Gasteiger partial charge in [-0.25, -0.2) is 8.42 Å². The minimum absolute atomic E-state index is 0.161. The van der Waals surface area contributed by atoms with Crippen LogP contribution in [-0.4, -0.2) is 32.0 Å². The zero-order valence-electron chi connectivity index (χ0n) is 15.6. The smallest absolute Gasteiger partial charge is 0.399 e. The van der Waals surface area contributed by atoms with E-state index in [0.29, 0.717) is 0 Å². The average Bonchev–Trinajstić information content (AvgIpc) is 2.65. The van der Waals surface area contributed by atoms with E-state index in [4.69, 9.17) is 9.31 Å². The molecule has 0 aromatic heterocycles. The lowest BCUT2D eigenvalue weighted by Crippen LogP contribution is -2.41. The molecule has 1 heterocycles. The van der Waals surface area contributed by atoms with Crippen molar-refractivity contribution >= 4 is 28.3 Å². The monoisotopic (exact) mass is 393 g/mol. The van der Waals surface area contributed by atoms with Gasteiger partial charge in [0.1, 0.15) is 0 Å². The maximum Gasteiger partial charge on any atom is 0.495 e. The molecule has 1 aliphatic rings. The van der Waals surface area contributed by atoms with Crippen LogP contribution in [0.3, 0.4) is 0 Å². The second kappa shape index (κ2) is 6.42. The van der Waals surface area contributed by atoms with E-state index in [1.807, 2.05) is 0 Å². The maximum atomic E-state index is 13.6. The molecular formula is C16H23BF3NO4S. The van der Waals surface area contributed by atoms with Crippen LogP contribution in [0.2, 0.25) is 0 Å². The number of sulfonamides is 1. The van der Waals surface area contributed by atoms with E-state index in [0.717, 1.165) is 6.07 Å². The van der Waals surface area contributed by atoms with Gasteiger partial charge in [0.25, 0.3) is 0 Å². The van der Waals surface area contributed by atoms with Crippen LogP contribution in [0, 0.1) is 0 Å². The lowest BCUT2D eigenvalue weighted by Gasteiger charge is -2.32. The minimum Gasteiger partial charge on any atom is -0.399 e. The van der Waals surface area contributed by atoms with Crippen molar-refractivity contribution < 1.29 is 30.9 Å². The maximum absolute atomic E-state index is 13.6. The normalized spacial score (nSPS) is 19.8. The van der Waals surface area contributed by atoms with Crippen molar-refractivity contribution in [1.82, 2.24) is 0 Å². The Balaban J connectivity index is 2.46. The number of rotatable bonds is 4. The third-order valence-electron chi connectivity index (χ3n) is 4.75. The summed E-state index contributed by atoms with van der Waals surface area (Å²) in [4.78, 5) is 0. The van der Waals surface area contributed by atoms with E-state index >= 15 is 0 Å². The predicted molar refractivity (Wildman–Crippen MR) is 94.8 cm³/mol. The highest BCUT2D eigenvalue weighted by atomic mass is 32.2. The van der Waals surface area contributed by atoms with Gasteiger partial charge in [-0.2, -0.15) is 13.2 Å². The van der Waals surface area contributed by atoms with Crippen molar-refractivity contribution in [3.8, 4) is 0 Å². The zero-order chi connectivity index (χ0) is 20.1. The summed E-state index contributed by atoms with van der Waals surface area (Å²) in [6.45, 7) is 9.84.